The topological polar surface area (TPSA) is 47.6 Å². The lowest BCUT2D eigenvalue weighted by Gasteiger charge is -2.15. The Hall–Kier alpha value is -2.77. The molecule has 0 aliphatic rings. The number of halogens is 4. The molecule has 24 heavy (non-hydrogen) atoms. The highest BCUT2D eigenvalue weighted by Gasteiger charge is 2.31. The lowest BCUT2D eigenvalue weighted by molar-refractivity contribution is -0.274. The first-order valence-electron chi connectivity index (χ1n) is 6.82. The van der Waals surface area contributed by atoms with E-state index in [-0.39, 0.29) is 11.4 Å². The van der Waals surface area contributed by atoms with Crippen LogP contribution in [0.1, 0.15) is 6.92 Å². The molecule has 0 aromatic heterocycles. The van der Waals surface area contributed by atoms with Crippen LogP contribution in [0.2, 0.25) is 0 Å². The number of carbonyl (C=O) groups excluding carboxylic acids is 1. The van der Waals surface area contributed by atoms with E-state index >= 15 is 0 Å². The molecule has 0 saturated heterocycles. The van der Waals surface area contributed by atoms with Crippen LogP contribution in [0.3, 0.4) is 0 Å². The van der Waals surface area contributed by atoms with Gasteiger partial charge in [-0.25, -0.2) is 4.39 Å². The molecular weight excluding hydrogens is 330 g/mol. The molecule has 1 N–H and O–H groups in total. The third-order valence-corrected chi connectivity index (χ3v) is 2.87. The second kappa shape index (κ2) is 7.20. The van der Waals surface area contributed by atoms with Crippen LogP contribution in [-0.2, 0) is 4.79 Å². The lowest BCUT2D eigenvalue weighted by atomic mass is 10.2. The standard InChI is InChI=1S/C16H13F4NO3/c1-10(23-14-5-3-2-4-13(14)17)15(22)21-11-6-8-12(9-7-11)24-16(18,19)20/h2-10H,1H3,(H,21,22). The van der Waals surface area contributed by atoms with Crippen LogP contribution in [0, 0.1) is 5.82 Å². The van der Waals surface area contributed by atoms with Crippen molar-refractivity contribution in [2.75, 3.05) is 5.32 Å². The molecular formula is C16H13F4NO3. The summed E-state index contributed by atoms with van der Waals surface area (Å²) >= 11 is 0. The van der Waals surface area contributed by atoms with E-state index < -0.39 is 29.9 Å². The average molecular weight is 343 g/mol. The Kier molecular flexibility index (Phi) is 5.28. The summed E-state index contributed by atoms with van der Waals surface area (Å²) in [6.45, 7) is 1.42. The Balaban J connectivity index is 1.95. The largest absolute Gasteiger partial charge is 0.573 e. The van der Waals surface area contributed by atoms with E-state index in [4.69, 9.17) is 4.74 Å². The minimum Gasteiger partial charge on any atom is -0.478 e. The molecule has 128 valence electrons. The fourth-order valence-electron chi connectivity index (χ4n) is 1.77. The molecule has 1 unspecified atom stereocenters. The van der Waals surface area contributed by atoms with E-state index in [1.807, 2.05) is 0 Å². The predicted octanol–water partition coefficient (Wildman–Crippen LogP) is 4.13. The molecule has 0 saturated carbocycles. The number of amides is 1. The number of hydrogen-bond acceptors (Lipinski definition) is 3. The highest BCUT2D eigenvalue weighted by molar-refractivity contribution is 5.94. The first kappa shape index (κ1) is 17.6. The van der Waals surface area contributed by atoms with Gasteiger partial charge in [-0.1, -0.05) is 12.1 Å². The number of ether oxygens (including phenoxy) is 2. The number of benzene rings is 2. The molecule has 1 atom stereocenters. The molecule has 0 spiro atoms. The van der Waals surface area contributed by atoms with Crippen LogP contribution in [-0.4, -0.2) is 18.4 Å². The van der Waals surface area contributed by atoms with Crippen molar-refractivity contribution in [1.82, 2.24) is 0 Å². The van der Waals surface area contributed by atoms with Crippen molar-refractivity contribution in [3.8, 4) is 11.5 Å². The minimum absolute atomic E-state index is 0.0749. The fraction of sp³-hybridized carbons (Fsp3) is 0.188. The Morgan fingerprint density at radius 2 is 1.71 bits per heavy atom. The van der Waals surface area contributed by atoms with Crippen LogP contribution in [0.4, 0.5) is 23.2 Å². The van der Waals surface area contributed by atoms with Crippen molar-refractivity contribution in [3.05, 3.63) is 54.3 Å². The molecule has 0 bridgehead atoms. The number of anilines is 1. The number of alkyl halides is 3. The smallest absolute Gasteiger partial charge is 0.478 e. The molecule has 2 rings (SSSR count). The van der Waals surface area contributed by atoms with Crippen molar-refractivity contribution < 1.29 is 31.8 Å². The number of hydrogen-bond donors (Lipinski definition) is 1. The molecule has 0 aliphatic heterocycles. The zero-order valence-corrected chi connectivity index (χ0v) is 12.4. The monoisotopic (exact) mass is 343 g/mol. The van der Waals surface area contributed by atoms with Gasteiger partial charge in [-0.2, -0.15) is 0 Å². The van der Waals surface area contributed by atoms with Gasteiger partial charge in [-0.15, -0.1) is 13.2 Å². The fourth-order valence-corrected chi connectivity index (χ4v) is 1.77. The van der Waals surface area contributed by atoms with E-state index in [0.29, 0.717) is 0 Å². The van der Waals surface area contributed by atoms with Crippen LogP contribution in [0.5, 0.6) is 11.5 Å². The van der Waals surface area contributed by atoms with E-state index in [1.165, 1.54) is 37.3 Å². The van der Waals surface area contributed by atoms with Crippen LogP contribution in [0.25, 0.3) is 0 Å². The van der Waals surface area contributed by atoms with E-state index in [2.05, 4.69) is 10.1 Å². The predicted molar refractivity (Wildman–Crippen MR) is 78.2 cm³/mol. The summed E-state index contributed by atoms with van der Waals surface area (Å²) in [5.41, 5.74) is 0.249. The molecule has 2 aromatic rings. The second-order valence-electron chi connectivity index (χ2n) is 4.75. The van der Waals surface area contributed by atoms with Crippen molar-refractivity contribution in [2.45, 2.75) is 19.4 Å². The highest BCUT2D eigenvalue weighted by atomic mass is 19.4. The number of para-hydroxylation sites is 1. The molecule has 1 amide bonds. The summed E-state index contributed by atoms with van der Waals surface area (Å²) in [7, 11) is 0. The van der Waals surface area contributed by atoms with E-state index in [1.54, 1.807) is 6.07 Å². The zero-order valence-electron chi connectivity index (χ0n) is 12.4. The lowest BCUT2D eigenvalue weighted by Crippen LogP contribution is -2.30. The summed E-state index contributed by atoms with van der Waals surface area (Å²) < 4.78 is 58.6. The molecule has 0 radical (unpaired) electrons. The summed E-state index contributed by atoms with van der Waals surface area (Å²) in [6.07, 6.45) is -5.79. The molecule has 0 heterocycles. The maximum atomic E-state index is 13.5. The summed E-state index contributed by atoms with van der Waals surface area (Å²) in [6, 6.07) is 10.2. The van der Waals surface area contributed by atoms with Gasteiger partial charge >= 0.3 is 6.36 Å². The summed E-state index contributed by atoms with van der Waals surface area (Å²) in [4.78, 5) is 12.0. The molecule has 0 aliphatic carbocycles. The van der Waals surface area contributed by atoms with Gasteiger partial charge in [0.25, 0.3) is 5.91 Å². The summed E-state index contributed by atoms with van der Waals surface area (Å²) in [5.74, 6) is -1.67. The average Bonchev–Trinajstić information content (AvgIpc) is 2.50. The van der Waals surface area contributed by atoms with Crippen LogP contribution < -0.4 is 14.8 Å². The number of nitrogens with one attached hydrogen (secondary N) is 1. The van der Waals surface area contributed by atoms with Crippen molar-refractivity contribution in [2.24, 2.45) is 0 Å². The van der Waals surface area contributed by atoms with Crippen molar-refractivity contribution >= 4 is 11.6 Å². The maximum Gasteiger partial charge on any atom is 0.573 e. The minimum atomic E-state index is -4.78. The zero-order chi connectivity index (χ0) is 17.7. The Morgan fingerprint density at radius 1 is 1.08 bits per heavy atom. The third-order valence-electron chi connectivity index (χ3n) is 2.87. The third kappa shape index (κ3) is 5.15. The molecule has 2 aromatic carbocycles. The Labute approximate surface area is 135 Å². The first-order chi connectivity index (χ1) is 11.2. The normalized spacial score (nSPS) is 12.4. The maximum absolute atomic E-state index is 13.5. The Morgan fingerprint density at radius 3 is 2.29 bits per heavy atom. The summed E-state index contributed by atoms with van der Waals surface area (Å²) in [5, 5.41) is 2.45. The quantitative estimate of drug-likeness (QED) is 0.831. The highest BCUT2D eigenvalue weighted by Crippen LogP contribution is 2.24. The number of carbonyl (C=O) groups is 1. The van der Waals surface area contributed by atoms with E-state index in [0.717, 1.165) is 12.1 Å². The Bertz CT molecular complexity index is 701. The molecule has 0 fully saturated rings. The van der Waals surface area contributed by atoms with Crippen molar-refractivity contribution in [3.63, 3.8) is 0 Å². The van der Waals surface area contributed by atoms with Crippen molar-refractivity contribution in [1.29, 1.82) is 0 Å². The SMILES string of the molecule is CC(Oc1ccccc1F)C(=O)Nc1ccc(OC(F)(F)F)cc1. The van der Waals surface area contributed by atoms with Gasteiger partial charge in [-0.3, -0.25) is 4.79 Å². The van der Waals surface area contributed by atoms with Crippen LogP contribution >= 0.6 is 0 Å². The van der Waals surface area contributed by atoms with Gasteiger partial charge in [0, 0.05) is 5.69 Å². The van der Waals surface area contributed by atoms with Gasteiger partial charge in [0.1, 0.15) is 5.75 Å². The van der Waals surface area contributed by atoms with Gasteiger partial charge in [0.15, 0.2) is 17.7 Å². The van der Waals surface area contributed by atoms with Gasteiger partial charge < -0.3 is 14.8 Å². The van der Waals surface area contributed by atoms with Gasteiger partial charge in [0.2, 0.25) is 0 Å². The van der Waals surface area contributed by atoms with Gasteiger partial charge in [-0.05, 0) is 43.3 Å². The van der Waals surface area contributed by atoms with E-state index in [9.17, 15) is 22.4 Å². The molecule has 4 nitrogen and oxygen atoms in total. The van der Waals surface area contributed by atoms with Gasteiger partial charge in [0.05, 0.1) is 0 Å². The molecule has 8 heteroatoms. The second-order valence-corrected chi connectivity index (χ2v) is 4.75. The first-order valence-corrected chi connectivity index (χ1v) is 6.82. The van der Waals surface area contributed by atoms with Crippen LogP contribution in [0.15, 0.2) is 48.5 Å². The number of rotatable bonds is 5.